The molecule has 0 aromatic heterocycles. The Morgan fingerprint density at radius 3 is 2.46 bits per heavy atom. The summed E-state index contributed by atoms with van der Waals surface area (Å²) in [7, 11) is 2.93. The summed E-state index contributed by atoms with van der Waals surface area (Å²) in [5.41, 5.74) is 0.458. The van der Waals surface area contributed by atoms with Crippen molar-refractivity contribution in [1.29, 1.82) is 0 Å². The Morgan fingerprint density at radius 1 is 1.21 bits per heavy atom. The lowest BCUT2D eigenvalue weighted by molar-refractivity contribution is -0.384. The van der Waals surface area contributed by atoms with E-state index in [4.69, 9.17) is 21.1 Å². The topological polar surface area (TPSA) is 126 Å². The Bertz CT molecular complexity index is 779. The minimum absolute atomic E-state index is 0. The number of nitro groups is 1. The minimum atomic E-state index is -0.553. The van der Waals surface area contributed by atoms with Crippen molar-refractivity contribution in [3.8, 4) is 17.2 Å². The van der Waals surface area contributed by atoms with Gasteiger partial charge < -0.3 is 20.1 Å². The van der Waals surface area contributed by atoms with Gasteiger partial charge in [-0.05, 0) is 6.07 Å². The van der Waals surface area contributed by atoms with Crippen LogP contribution in [0.5, 0.6) is 17.2 Å². The number of ether oxygens (including phenoxy) is 2. The van der Waals surface area contributed by atoms with Crippen molar-refractivity contribution in [3.63, 3.8) is 0 Å². The largest absolute Gasteiger partial charge is 0.507 e. The number of halogens is 1. The Hall–Kier alpha value is -2.84. The monoisotopic (exact) mass is 354 g/mol. The first kappa shape index (κ1) is 19.2. The number of hydrogen-bond donors (Lipinski definition) is 1. The number of nitrogens with zero attached hydrogens (tertiary/aromatic N) is 2. The van der Waals surface area contributed by atoms with Crippen LogP contribution in [0.15, 0.2) is 35.3 Å². The highest BCUT2D eigenvalue weighted by molar-refractivity contribution is 6.32. The van der Waals surface area contributed by atoms with Crippen molar-refractivity contribution < 1.29 is 25.0 Å². The van der Waals surface area contributed by atoms with Crippen molar-refractivity contribution in [2.24, 2.45) is 4.99 Å². The van der Waals surface area contributed by atoms with Gasteiger partial charge in [-0.1, -0.05) is 11.6 Å². The summed E-state index contributed by atoms with van der Waals surface area (Å²) in [6, 6.07) is 6.77. The van der Waals surface area contributed by atoms with Crippen molar-refractivity contribution in [2.45, 2.75) is 0 Å². The quantitative estimate of drug-likeness (QED) is 0.502. The Kier molecular flexibility index (Phi) is 6.51. The number of benzene rings is 2. The molecule has 2 rings (SSSR count). The molecule has 8 nitrogen and oxygen atoms in total. The predicted molar refractivity (Wildman–Crippen MR) is 90.2 cm³/mol. The second-order valence-electron chi connectivity index (χ2n) is 4.42. The van der Waals surface area contributed by atoms with Crippen LogP contribution < -0.4 is 9.47 Å². The maximum Gasteiger partial charge on any atom is 0.270 e. The fraction of sp³-hybridized carbons (Fsp3) is 0.133. The zero-order valence-electron chi connectivity index (χ0n) is 12.8. The Morgan fingerprint density at radius 2 is 1.88 bits per heavy atom. The molecule has 0 radical (unpaired) electrons. The first-order valence-corrected chi connectivity index (χ1v) is 6.77. The molecule has 0 saturated heterocycles. The van der Waals surface area contributed by atoms with Crippen molar-refractivity contribution >= 4 is 29.2 Å². The van der Waals surface area contributed by atoms with Crippen LogP contribution in [-0.4, -0.2) is 35.9 Å². The fourth-order valence-corrected chi connectivity index (χ4v) is 2.07. The molecule has 2 aromatic carbocycles. The van der Waals surface area contributed by atoms with Crippen LogP contribution in [0, 0.1) is 10.1 Å². The lowest BCUT2D eigenvalue weighted by Gasteiger charge is -2.09. The number of aliphatic imine (C=N–C) groups is 1. The lowest BCUT2D eigenvalue weighted by Crippen LogP contribution is -1.91. The first-order valence-electron chi connectivity index (χ1n) is 6.39. The van der Waals surface area contributed by atoms with Crippen LogP contribution in [0.1, 0.15) is 5.56 Å². The van der Waals surface area contributed by atoms with Crippen LogP contribution in [0.25, 0.3) is 0 Å². The molecule has 128 valence electrons. The fourth-order valence-electron chi connectivity index (χ4n) is 1.84. The number of hydrogen-bond acceptors (Lipinski definition) is 6. The minimum Gasteiger partial charge on any atom is -0.507 e. The number of rotatable bonds is 5. The third-order valence-electron chi connectivity index (χ3n) is 3.02. The van der Waals surface area contributed by atoms with E-state index >= 15 is 0 Å². The van der Waals surface area contributed by atoms with Crippen molar-refractivity contribution in [2.75, 3.05) is 14.2 Å². The second-order valence-corrected chi connectivity index (χ2v) is 4.82. The highest BCUT2D eigenvalue weighted by Gasteiger charge is 2.11. The van der Waals surface area contributed by atoms with Gasteiger partial charge in [-0.25, -0.2) is 0 Å². The Labute approximate surface area is 142 Å². The number of methoxy groups -OCH3 is 2. The van der Waals surface area contributed by atoms with E-state index in [0.717, 1.165) is 0 Å². The van der Waals surface area contributed by atoms with E-state index in [9.17, 15) is 15.2 Å². The first-order chi connectivity index (χ1) is 11.0. The number of phenols is 1. The van der Waals surface area contributed by atoms with E-state index in [1.807, 2.05) is 0 Å². The molecule has 0 aliphatic rings. The summed E-state index contributed by atoms with van der Waals surface area (Å²) in [4.78, 5) is 14.4. The SMILES string of the molecule is COc1cc(N=Cc2cc([N+](=O)[O-])ccc2O)c(OC)cc1Cl.O. The van der Waals surface area contributed by atoms with Gasteiger partial charge in [0.15, 0.2) is 0 Å². The van der Waals surface area contributed by atoms with Gasteiger partial charge >= 0.3 is 0 Å². The third-order valence-corrected chi connectivity index (χ3v) is 3.31. The van der Waals surface area contributed by atoms with Crippen LogP contribution in [0.2, 0.25) is 5.02 Å². The van der Waals surface area contributed by atoms with Crippen LogP contribution in [0.4, 0.5) is 11.4 Å². The van der Waals surface area contributed by atoms with E-state index in [1.54, 1.807) is 12.1 Å². The normalized spacial score (nSPS) is 10.3. The van der Waals surface area contributed by atoms with Gasteiger partial charge in [-0.15, -0.1) is 0 Å². The van der Waals surface area contributed by atoms with Gasteiger partial charge in [0.25, 0.3) is 5.69 Å². The summed E-state index contributed by atoms with van der Waals surface area (Å²) >= 11 is 6.01. The van der Waals surface area contributed by atoms with Gasteiger partial charge in [-0.2, -0.15) is 0 Å². The molecule has 2 aromatic rings. The van der Waals surface area contributed by atoms with E-state index < -0.39 is 4.92 Å². The molecule has 0 amide bonds. The third kappa shape index (κ3) is 4.12. The van der Waals surface area contributed by atoms with Crippen LogP contribution in [0.3, 0.4) is 0 Å². The standard InChI is InChI=1S/C15H13ClN2O5.H2O/c1-22-14-7-12(15(23-2)6-11(14)16)17-8-9-5-10(18(20)21)3-4-13(9)19;/h3-8,19H,1-2H3;1H2. The van der Waals surface area contributed by atoms with Crippen LogP contribution >= 0.6 is 11.6 Å². The molecular formula is C15H15ClN2O6. The summed E-state index contributed by atoms with van der Waals surface area (Å²) < 4.78 is 10.3. The molecule has 0 aliphatic carbocycles. The van der Waals surface area contributed by atoms with Gasteiger partial charge in [0, 0.05) is 36.0 Å². The lowest BCUT2D eigenvalue weighted by atomic mass is 10.2. The zero-order chi connectivity index (χ0) is 17.0. The predicted octanol–water partition coefficient (Wildman–Crippen LogP) is 2.90. The smallest absolute Gasteiger partial charge is 0.270 e. The van der Waals surface area contributed by atoms with E-state index in [-0.39, 0.29) is 22.5 Å². The van der Waals surface area contributed by atoms with Crippen molar-refractivity contribution in [1.82, 2.24) is 0 Å². The molecule has 0 heterocycles. The molecule has 0 fully saturated rings. The molecule has 0 saturated carbocycles. The molecule has 0 unspecified atom stereocenters. The van der Waals surface area contributed by atoms with Gasteiger partial charge in [0.1, 0.15) is 22.9 Å². The second kappa shape index (κ2) is 8.14. The molecule has 0 aliphatic heterocycles. The molecular weight excluding hydrogens is 340 g/mol. The van der Waals surface area contributed by atoms with E-state index in [2.05, 4.69) is 4.99 Å². The number of nitro benzene ring substituents is 1. The van der Waals surface area contributed by atoms with Crippen LogP contribution in [-0.2, 0) is 0 Å². The number of phenolic OH excluding ortho intramolecular Hbond substituents is 1. The summed E-state index contributed by atoms with van der Waals surface area (Å²) in [6.45, 7) is 0. The highest BCUT2D eigenvalue weighted by Crippen LogP contribution is 2.37. The maximum atomic E-state index is 10.8. The summed E-state index contributed by atoms with van der Waals surface area (Å²) in [6.07, 6.45) is 1.30. The van der Waals surface area contributed by atoms with E-state index in [1.165, 1.54) is 38.6 Å². The number of aromatic hydroxyl groups is 1. The van der Waals surface area contributed by atoms with Gasteiger partial charge in [0.05, 0.1) is 24.2 Å². The van der Waals surface area contributed by atoms with E-state index in [0.29, 0.717) is 22.2 Å². The molecule has 0 bridgehead atoms. The summed E-state index contributed by atoms with van der Waals surface area (Å²) in [5.74, 6) is 0.680. The highest BCUT2D eigenvalue weighted by atomic mass is 35.5. The summed E-state index contributed by atoms with van der Waals surface area (Å²) in [5, 5.41) is 20.9. The molecule has 24 heavy (non-hydrogen) atoms. The van der Waals surface area contributed by atoms with Gasteiger partial charge in [0.2, 0.25) is 0 Å². The molecule has 3 N–H and O–H groups in total. The maximum absolute atomic E-state index is 10.8. The average Bonchev–Trinajstić information content (AvgIpc) is 2.54. The average molecular weight is 355 g/mol. The molecule has 9 heteroatoms. The zero-order valence-corrected chi connectivity index (χ0v) is 13.6. The molecule has 0 atom stereocenters. The van der Waals surface area contributed by atoms with Crippen molar-refractivity contribution in [3.05, 3.63) is 51.0 Å². The number of non-ortho nitro benzene ring substituents is 1. The Balaban J connectivity index is 0.00000288. The van der Waals surface area contributed by atoms with Gasteiger partial charge in [-0.3, -0.25) is 15.1 Å². The molecule has 0 spiro atoms.